The molecule has 7 heteroatoms. The minimum absolute atomic E-state index is 0.0997. The minimum atomic E-state index is -3.40. The van der Waals surface area contributed by atoms with Gasteiger partial charge >= 0.3 is 0 Å². The molecular formula is C14H21N3O3S. The zero-order valence-electron chi connectivity index (χ0n) is 12.0. The molecule has 21 heavy (non-hydrogen) atoms. The summed E-state index contributed by atoms with van der Waals surface area (Å²) in [5.74, 6) is 0.455. The number of anilines is 1. The van der Waals surface area contributed by atoms with Gasteiger partial charge in [0.2, 0.25) is 10.0 Å². The number of benzene rings is 1. The van der Waals surface area contributed by atoms with Crippen LogP contribution in [0.15, 0.2) is 29.2 Å². The summed E-state index contributed by atoms with van der Waals surface area (Å²) in [6, 6.07) is 6.92. The lowest BCUT2D eigenvalue weighted by molar-refractivity contribution is 0.00537. The van der Waals surface area contributed by atoms with Crippen LogP contribution < -0.4 is 15.8 Å². The van der Waals surface area contributed by atoms with Gasteiger partial charge in [0.05, 0.1) is 17.0 Å². The summed E-state index contributed by atoms with van der Waals surface area (Å²) in [6.45, 7) is 2.91. The predicted molar refractivity (Wildman–Crippen MR) is 80.5 cm³/mol. The van der Waals surface area contributed by atoms with Crippen molar-refractivity contribution in [3.05, 3.63) is 24.3 Å². The zero-order chi connectivity index (χ0) is 15.0. The fourth-order valence-electron chi connectivity index (χ4n) is 3.12. The van der Waals surface area contributed by atoms with Crippen LogP contribution in [0.2, 0.25) is 0 Å². The molecule has 1 saturated carbocycles. The molecule has 2 fully saturated rings. The van der Waals surface area contributed by atoms with E-state index in [1.807, 2.05) is 0 Å². The quantitative estimate of drug-likeness (QED) is 0.737. The van der Waals surface area contributed by atoms with E-state index >= 15 is 0 Å². The van der Waals surface area contributed by atoms with Crippen LogP contribution in [0.3, 0.4) is 0 Å². The molecular weight excluding hydrogens is 290 g/mol. The van der Waals surface area contributed by atoms with Crippen LogP contribution in [0.4, 0.5) is 5.69 Å². The van der Waals surface area contributed by atoms with Gasteiger partial charge in [-0.2, -0.15) is 0 Å². The predicted octanol–water partition coefficient (Wildman–Crippen LogP) is 0.511. The van der Waals surface area contributed by atoms with Crippen molar-refractivity contribution in [3.63, 3.8) is 0 Å². The average molecular weight is 311 g/mol. The van der Waals surface area contributed by atoms with E-state index in [-0.39, 0.29) is 23.1 Å². The number of nitrogens with two attached hydrogens (primary N) is 1. The molecule has 0 spiro atoms. The Morgan fingerprint density at radius 3 is 2.71 bits per heavy atom. The van der Waals surface area contributed by atoms with Crippen LogP contribution in [0.5, 0.6) is 0 Å². The van der Waals surface area contributed by atoms with Crippen molar-refractivity contribution in [2.45, 2.75) is 36.4 Å². The van der Waals surface area contributed by atoms with Gasteiger partial charge in [0.25, 0.3) is 0 Å². The minimum Gasteiger partial charge on any atom is -0.378 e. The van der Waals surface area contributed by atoms with Gasteiger partial charge < -0.3 is 15.8 Å². The molecule has 1 saturated heterocycles. The first-order chi connectivity index (χ1) is 10.0. The summed E-state index contributed by atoms with van der Waals surface area (Å²) in [7, 11) is -3.40. The molecule has 1 aromatic carbocycles. The summed E-state index contributed by atoms with van der Waals surface area (Å²) in [4.78, 5) is 0.266. The Bertz CT molecular complexity index is 602. The summed E-state index contributed by atoms with van der Waals surface area (Å²) in [5.41, 5.74) is 7.01. The molecule has 0 bridgehead atoms. The number of ether oxygens (including phenoxy) is 1. The molecule has 0 amide bonds. The van der Waals surface area contributed by atoms with Gasteiger partial charge in [0.15, 0.2) is 0 Å². The third-order valence-electron chi connectivity index (χ3n) is 4.28. The Morgan fingerprint density at radius 1 is 1.33 bits per heavy atom. The van der Waals surface area contributed by atoms with Crippen molar-refractivity contribution in [1.29, 1.82) is 0 Å². The highest BCUT2D eigenvalue weighted by molar-refractivity contribution is 7.89. The van der Waals surface area contributed by atoms with Crippen LogP contribution in [0.25, 0.3) is 0 Å². The van der Waals surface area contributed by atoms with Gasteiger partial charge in [-0.15, -0.1) is 0 Å². The molecule has 0 aromatic heterocycles. The number of nitrogens with one attached hydrogen (secondary N) is 2. The lowest BCUT2D eigenvalue weighted by Gasteiger charge is -2.46. The molecule has 116 valence electrons. The number of fused-ring (bicyclic) bond motifs is 1. The maximum absolute atomic E-state index is 11.9. The molecule has 1 aliphatic carbocycles. The monoisotopic (exact) mass is 311 g/mol. The SMILES string of the molecule is CCNS(=O)(=O)c1ccc(NC2C(N)C3CCOC32)cc1. The molecule has 0 radical (unpaired) electrons. The summed E-state index contributed by atoms with van der Waals surface area (Å²) >= 11 is 0. The molecule has 4 unspecified atom stereocenters. The second-order valence-electron chi connectivity index (χ2n) is 5.56. The van der Waals surface area contributed by atoms with Crippen molar-refractivity contribution in [1.82, 2.24) is 4.72 Å². The first kappa shape index (κ1) is 14.8. The highest BCUT2D eigenvalue weighted by atomic mass is 32.2. The lowest BCUT2D eigenvalue weighted by Crippen LogP contribution is -2.65. The molecule has 3 rings (SSSR count). The fraction of sp³-hybridized carbons (Fsp3) is 0.571. The van der Waals surface area contributed by atoms with E-state index in [9.17, 15) is 8.42 Å². The third-order valence-corrected chi connectivity index (χ3v) is 5.84. The van der Waals surface area contributed by atoms with Gasteiger partial charge in [0, 0.05) is 30.8 Å². The van der Waals surface area contributed by atoms with Crippen molar-refractivity contribution < 1.29 is 13.2 Å². The highest BCUT2D eigenvalue weighted by Gasteiger charge is 2.52. The Balaban J connectivity index is 1.68. The topological polar surface area (TPSA) is 93.5 Å². The van der Waals surface area contributed by atoms with Crippen molar-refractivity contribution in [2.24, 2.45) is 11.7 Å². The normalized spacial score (nSPS) is 31.5. The number of hydrogen-bond donors (Lipinski definition) is 3. The Morgan fingerprint density at radius 2 is 2.05 bits per heavy atom. The summed E-state index contributed by atoms with van der Waals surface area (Å²) in [6.07, 6.45) is 1.22. The molecule has 6 nitrogen and oxygen atoms in total. The highest BCUT2D eigenvalue weighted by Crippen LogP contribution is 2.39. The Hall–Kier alpha value is -1.15. The van der Waals surface area contributed by atoms with Gasteiger partial charge in [-0.1, -0.05) is 6.92 Å². The van der Waals surface area contributed by atoms with Crippen molar-refractivity contribution >= 4 is 15.7 Å². The van der Waals surface area contributed by atoms with Crippen LogP contribution in [0.1, 0.15) is 13.3 Å². The average Bonchev–Trinajstić information content (AvgIpc) is 2.90. The van der Waals surface area contributed by atoms with Crippen LogP contribution in [-0.2, 0) is 14.8 Å². The van der Waals surface area contributed by atoms with E-state index < -0.39 is 10.0 Å². The van der Waals surface area contributed by atoms with Gasteiger partial charge in [-0.05, 0) is 30.7 Å². The maximum atomic E-state index is 11.9. The third kappa shape index (κ3) is 2.66. The van der Waals surface area contributed by atoms with E-state index in [0.717, 1.165) is 18.7 Å². The van der Waals surface area contributed by atoms with Crippen LogP contribution in [-0.4, -0.2) is 39.8 Å². The van der Waals surface area contributed by atoms with E-state index in [4.69, 9.17) is 10.5 Å². The van der Waals surface area contributed by atoms with Gasteiger partial charge in [0.1, 0.15) is 0 Å². The van der Waals surface area contributed by atoms with Gasteiger partial charge in [-0.3, -0.25) is 0 Å². The van der Waals surface area contributed by atoms with Crippen molar-refractivity contribution in [2.75, 3.05) is 18.5 Å². The number of rotatable bonds is 5. The molecule has 1 aliphatic heterocycles. The number of sulfonamides is 1. The Kier molecular flexibility index (Phi) is 3.92. The first-order valence-electron chi connectivity index (χ1n) is 7.26. The van der Waals surface area contributed by atoms with Crippen LogP contribution >= 0.6 is 0 Å². The van der Waals surface area contributed by atoms with E-state index in [0.29, 0.717) is 12.5 Å². The number of hydrogen-bond acceptors (Lipinski definition) is 5. The van der Waals surface area contributed by atoms with Crippen molar-refractivity contribution in [3.8, 4) is 0 Å². The van der Waals surface area contributed by atoms with E-state index in [1.165, 1.54) is 0 Å². The second-order valence-corrected chi connectivity index (χ2v) is 7.33. The maximum Gasteiger partial charge on any atom is 0.240 e. The largest absolute Gasteiger partial charge is 0.378 e. The zero-order valence-corrected chi connectivity index (χ0v) is 12.8. The van der Waals surface area contributed by atoms with E-state index in [1.54, 1.807) is 31.2 Å². The Labute approximate surface area is 125 Å². The van der Waals surface area contributed by atoms with E-state index in [2.05, 4.69) is 10.0 Å². The smallest absolute Gasteiger partial charge is 0.240 e. The molecule has 1 aromatic rings. The lowest BCUT2D eigenvalue weighted by atomic mass is 9.72. The summed E-state index contributed by atoms with van der Waals surface area (Å²) < 4.78 is 31.9. The first-order valence-corrected chi connectivity index (χ1v) is 8.74. The van der Waals surface area contributed by atoms with Gasteiger partial charge in [-0.25, -0.2) is 13.1 Å². The summed E-state index contributed by atoms with van der Waals surface area (Å²) in [5, 5.41) is 3.34. The fourth-order valence-corrected chi connectivity index (χ4v) is 4.16. The molecule has 2 aliphatic rings. The molecule has 4 atom stereocenters. The van der Waals surface area contributed by atoms with Crippen LogP contribution in [0, 0.1) is 5.92 Å². The standard InChI is InChI=1S/C14H21N3O3S/c1-2-16-21(18,19)10-5-3-9(4-6-10)17-13-12(15)11-7-8-20-14(11)13/h3-6,11-14,16-17H,2,7-8,15H2,1H3. The molecule has 1 heterocycles. The molecule has 4 N–H and O–H groups in total. The second kappa shape index (κ2) is 5.57.